The zero-order valence-corrected chi connectivity index (χ0v) is 15.0. The van der Waals surface area contributed by atoms with E-state index in [0.717, 1.165) is 22.0 Å². The maximum Gasteiger partial charge on any atom is 0.175 e. The Bertz CT molecular complexity index is 831. The molecule has 0 radical (unpaired) electrons. The monoisotopic (exact) mass is 364 g/mol. The molecule has 0 saturated carbocycles. The second-order valence-electron chi connectivity index (χ2n) is 5.09. The maximum atomic E-state index is 6.18. The fourth-order valence-electron chi connectivity index (χ4n) is 2.15. The molecule has 0 aliphatic carbocycles. The van der Waals surface area contributed by atoms with Crippen LogP contribution in [0.15, 0.2) is 41.4 Å². The highest BCUT2D eigenvalue weighted by atomic mass is 35.5. The third-order valence-electron chi connectivity index (χ3n) is 3.24. The van der Waals surface area contributed by atoms with E-state index in [2.05, 4.69) is 15.3 Å². The molecule has 2 aromatic heterocycles. The minimum atomic E-state index is 0.637. The summed E-state index contributed by atoms with van der Waals surface area (Å²) < 4.78 is 1.78. The first-order valence-corrected chi connectivity index (χ1v) is 8.71. The molecular weight excluding hydrogens is 351 g/mol. The van der Waals surface area contributed by atoms with Crippen molar-refractivity contribution in [1.82, 2.24) is 20.0 Å². The van der Waals surface area contributed by atoms with E-state index in [9.17, 15) is 0 Å². The summed E-state index contributed by atoms with van der Waals surface area (Å²) >= 11 is 13.7. The molecule has 2 heterocycles. The lowest BCUT2D eigenvalue weighted by Crippen LogP contribution is -2.03. The molecule has 4 nitrogen and oxygen atoms in total. The summed E-state index contributed by atoms with van der Waals surface area (Å²) in [6.07, 6.45) is 0. The molecule has 7 heteroatoms. The Labute approximate surface area is 148 Å². The number of nitrogens with zero attached hydrogens (tertiary/aromatic N) is 4. The van der Waals surface area contributed by atoms with Gasteiger partial charge in [-0.3, -0.25) is 0 Å². The smallest absolute Gasteiger partial charge is 0.175 e. The molecule has 0 saturated heterocycles. The molecule has 0 bridgehead atoms. The number of thioether (sulfide) groups is 1. The van der Waals surface area contributed by atoms with Crippen LogP contribution in [0.4, 0.5) is 0 Å². The molecule has 0 atom stereocenters. The topological polar surface area (TPSA) is 43.6 Å². The van der Waals surface area contributed by atoms with Gasteiger partial charge in [-0.15, -0.1) is 10.2 Å². The predicted octanol–water partition coefficient (Wildman–Crippen LogP) is 4.88. The van der Waals surface area contributed by atoms with Gasteiger partial charge >= 0.3 is 0 Å². The average molecular weight is 365 g/mol. The van der Waals surface area contributed by atoms with E-state index in [0.29, 0.717) is 21.6 Å². The van der Waals surface area contributed by atoms with E-state index >= 15 is 0 Å². The summed E-state index contributed by atoms with van der Waals surface area (Å²) in [5, 5.41) is 15.0. The molecule has 3 rings (SSSR count). The van der Waals surface area contributed by atoms with Crippen molar-refractivity contribution in [3.63, 3.8) is 0 Å². The van der Waals surface area contributed by atoms with Crippen molar-refractivity contribution in [3.8, 4) is 5.82 Å². The standard InChI is InChI=1S/C16H14Cl2N4S/c1-10-7-11(2)22(21-10)15-5-6-16(20-19-15)23-9-12-3-4-13(17)8-14(12)18/h3-8H,9H2,1-2H3. The van der Waals surface area contributed by atoms with Gasteiger partial charge in [-0.2, -0.15) is 5.10 Å². The fourth-order valence-corrected chi connectivity index (χ4v) is 3.53. The first kappa shape index (κ1) is 16.3. The van der Waals surface area contributed by atoms with E-state index in [-0.39, 0.29) is 0 Å². The van der Waals surface area contributed by atoms with Crippen LogP contribution in [0.1, 0.15) is 17.0 Å². The van der Waals surface area contributed by atoms with E-state index in [1.807, 2.05) is 44.2 Å². The molecular formula is C16H14Cl2N4S. The first-order chi connectivity index (χ1) is 11.0. The molecule has 3 aromatic rings. The Morgan fingerprint density at radius 1 is 1.04 bits per heavy atom. The lowest BCUT2D eigenvalue weighted by Gasteiger charge is -2.05. The number of benzene rings is 1. The van der Waals surface area contributed by atoms with Crippen LogP contribution >= 0.6 is 35.0 Å². The van der Waals surface area contributed by atoms with Gasteiger partial charge in [0.05, 0.1) is 5.69 Å². The number of aromatic nitrogens is 4. The van der Waals surface area contributed by atoms with Gasteiger partial charge in [0, 0.05) is 21.5 Å². The number of aryl methyl sites for hydroxylation is 2. The van der Waals surface area contributed by atoms with Crippen LogP contribution in [0, 0.1) is 13.8 Å². The SMILES string of the molecule is Cc1cc(C)n(-c2ccc(SCc3ccc(Cl)cc3Cl)nn2)n1. The Balaban J connectivity index is 1.71. The predicted molar refractivity (Wildman–Crippen MR) is 94.7 cm³/mol. The van der Waals surface area contributed by atoms with Crippen LogP contribution in [-0.4, -0.2) is 20.0 Å². The van der Waals surface area contributed by atoms with Gasteiger partial charge in [-0.1, -0.05) is 41.0 Å². The summed E-state index contributed by atoms with van der Waals surface area (Å²) in [6, 6.07) is 11.4. The van der Waals surface area contributed by atoms with Gasteiger partial charge in [-0.05, 0) is 49.7 Å². The minimum absolute atomic E-state index is 0.637. The van der Waals surface area contributed by atoms with E-state index in [1.54, 1.807) is 22.5 Å². The second kappa shape index (κ2) is 6.91. The number of rotatable bonds is 4. The minimum Gasteiger partial charge on any atom is -0.218 e. The highest BCUT2D eigenvalue weighted by Gasteiger charge is 2.07. The highest BCUT2D eigenvalue weighted by Crippen LogP contribution is 2.27. The van der Waals surface area contributed by atoms with Gasteiger partial charge in [0.2, 0.25) is 0 Å². The van der Waals surface area contributed by atoms with Crippen molar-refractivity contribution in [1.29, 1.82) is 0 Å². The van der Waals surface area contributed by atoms with Crippen molar-refractivity contribution < 1.29 is 0 Å². The van der Waals surface area contributed by atoms with Crippen LogP contribution in [0.5, 0.6) is 0 Å². The van der Waals surface area contributed by atoms with Crippen LogP contribution < -0.4 is 0 Å². The maximum absolute atomic E-state index is 6.18. The van der Waals surface area contributed by atoms with Crippen molar-refractivity contribution in [3.05, 3.63) is 63.4 Å². The molecule has 0 amide bonds. The Morgan fingerprint density at radius 3 is 2.48 bits per heavy atom. The van der Waals surface area contributed by atoms with Crippen LogP contribution in [0.25, 0.3) is 5.82 Å². The van der Waals surface area contributed by atoms with Gasteiger partial charge in [-0.25, -0.2) is 4.68 Å². The molecule has 0 N–H and O–H groups in total. The van der Waals surface area contributed by atoms with Crippen LogP contribution in [-0.2, 0) is 5.75 Å². The zero-order valence-electron chi connectivity index (χ0n) is 12.6. The molecule has 0 aliphatic heterocycles. The lowest BCUT2D eigenvalue weighted by atomic mass is 10.2. The van der Waals surface area contributed by atoms with Crippen molar-refractivity contribution >= 4 is 35.0 Å². The summed E-state index contributed by atoms with van der Waals surface area (Å²) in [5.74, 6) is 1.42. The summed E-state index contributed by atoms with van der Waals surface area (Å²) in [5.41, 5.74) is 3.01. The summed E-state index contributed by atoms with van der Waals surface area (Å²) in [7, 11) is 0. The Morgan fingerprint density at radius 2 is 1.87 bits per heavy atom. The van der Waals surface area contributed by atoms with E-state index < -0.39 is 0 Å². The molecule has 118 valence electrons. The van der Waals surface area contributed by atoms with Crippen LogP contribution in [0.3, 0.4) is 0 Å². The first-order valence-electron chi connectivity index (χ1n) is 6.97. The van der Waals surface area contributed by atoms with Crippen molar-refractivity contribution in [2.45, 2.75) is 24.6 Å². The summed E-state index contributed by atoms with van der Waals surface area (Å²) in [6.45, 7) is 3.95. The average Bonchev–Trinajstić information content (AvgIpc) is 2.86. The highest BCUT2D eigenvalue weighted by molar-refractivity contribution is 7.98. The molecule has 0 unspecified atom stereocenters. The molecule has 0 fully saturated rings. The largest absolute Gasteiger partial charge is 0.218 e. The number of halogens is 2. The molecule has 0 spiro atoms. The number of hydrogen-bond donors (Lipinski definition) is 0. The zero-order chi connectivity index (χ0) is 16.4. The number of hydrogen-bond acceptors (Lipinski definition) is 4. The van der Waals surface area contributed by atoms with Crippen LogP contribution in [0.2, 0.25) is 10.0 Å². The summed E-state index contributed by atoms with van der Waals surface area (Å²) in [4.78, 5) is 0. The second-order valence-corrected chi connectivity index (χ2v) is 6.93. The van der Waals surface area contributed by atoms with Gasteiger partial charge in [0.1, 0.15) is 5.03 Å². The fraction of sp³-hybridized carbons (Fsp3) is 0.188. The quantitative estimate of drug-likeness (QED) is 0.618. The molecule has 23 heavy (non-hydrogen) atoms. The van der Waals surface area contributed by atoms with Crippen molar-refractivity contribution in [2.24, 2.45) is 0 Å². The Kier molecular flexibility index (Phi) is 4.90. The van der Waals surface area contributed by atoms with E-state index in [4.69, 9.17) is 23.2 Å². The van der Waals surface area contributed by atoms with Gasteiger partial charge < -0.3 is 0 Å². The molecule has 0 aliphatic rings. The third kappa shape index (κ3) is 3.86. The van der Waals surface area contributed by atoms with Crippen molar-refractivity contribution in [2.75, 3.05) is 0 Å². The van der Waals surface area contributed by atoms with Gasteiger partial charge in [0.15, 0.2) is 5.82 Å². The normalized spacial score (nSPS) is 11.0. The third-order valence-corrected chi connectivity index (χ3v) is 4.80. The van der Waals surface area contributed by atoms with Gasteiger partial charge in [0.25, 0.3) is 0 Å². The lowest BCUT2D eigenvalue weighted by molar-refractivity contribution is 0.765. The Hall–Kier alpha value is -1.56. The van der Waals surface area contributed by atoms with E-state index in [1.165, 1.54) is 0 Å². The molecule has 1 aromatic carbocycles.